The molecule has 1 saturated heterocycles. The minimum absolute atomic E-state index is 0.0175. The van der Waals surface area contributed by atoms with E-state index in [0.29, 0.717) is 0 Å². The predicted octanol–water partition coefficient (Wildman–Crippen LogP) is 6.02. The highest BCUT2D eigenvalue weighted by atomic mass is 16.5. The second kappa shape index (κ2) is 11.5. The van der Waals surface area contributed by atoms with Crippen LogP contribution < -0.4 is 5.73 Å². The summed E-state index contributed by atoms with van der Waals surface area (Å²) in [6, 6.07) is 21.1. The van der Waals surface area contributed by atoms with Gasteiger partial charge in [-0.15, -0.1) is 0 Å². The average Bonchev–Trinajstić information content (AvgIpc) is 3.20. The van der Waals surface area contributed by atoms with Crippen LogP contribution in [0.2, 0.25) is 0 Å². The molecule has 1 fully saturated rings. The van der Waals surface area contributed by atoms with E-state index in [1.165, 1.54) is 27.8 Å². The maximum atomic E-state index is 6.82. The van der Waals surface area contributed by atoms with Gasteiger partial charge in [0.05, 0.1) is 0 Å². The Morgan fingerprint density at radius 1 is 0.868 bits per heavy atom. The molecular weight excluding hydrogens is 470 g/mol. The molecule has 2 aliphatic heterocycles. The SMILES string of the molecule is CC1=C(C)C2=C(N)C(C)(CN3CCN(CCCOC(c4ccccc4)c4ccccc4)CC3)CC2=C(C)O1. The molecule has 5 heteroatoms. The van der Waals surface area contributed by atoms with Crippen molar-refractivity contribution in [3.63, 3.8) is 0 Å². The van der Waals surface area contributed by atoms with Crippen LogP contribution in [-0.2, 0) is 9.47 Å². The largest absolute Gasteiger partial charge is 0.466 e. The van der Waals surface area contributed by atoms with Gasteiger partial charge in [0.15, 0.2) is 0 Å². The summed E-state index contributed by atoms with van der Waals surface area (Å²) in [5.74, 6) is 1.99. The quantitative estimate of drug-likeness (QED) is 0.416. The number of rotatable bonds is 9. The molecule has 0 saturated carbocycles. The topological polar surface area (TPSA) is 51.0 Å². The van der Waals surface area contributed by atoms with E-state index in [1.807, 2.05) is 6.92 Å². The summed E-state index contributed by atoms with van der Waals surface area (Å²) < 4.78 is 12.4. The van der Waals surface area contributed by atoms with Crippen LogP contribution in [0, 0.1) is 5.41 Å². The Bertz CT molecular complexity index is 1170. The zero-order valence-electron chi connectivity index (χ0n) is 23.5. The Morgan fingerprint density at radius 3 is 2.05 bits per heavy atom. The van der Waals surface area contributed by atoms with Gasteiger partial charge in [0, 0.05) is 68.1 Å². The third kappa shape index (κ3) is 5.61. The van der Waals surface area contributed by atoms with Crippen molar-refractivity contribution in [1.29, 1.82) is 0 Å². The summed E-state index contributed by atoms with van der Waals surface area (Å²) in [6.07, 6.45) is 1.98. The van der Waals surface area contributed by atoms with Gasteiger partial charge in [-0.05, 0) is 50.3 Å². The van der Waals surface area contributed by atoms with Gasteiger partial charge in [0.1, 0.15) is 17.6 Å². The summed E-state index contributed by atoms with van der Waals surface area (Å²) >= 11 is 0. The molecule has 1 atom stereocenters. The second-order valence-corrected chi connectivity index (χ2v) is 11.4. The molecule has 5 nitrogen and oxygen atoms in total. The van der Waals surface area contributed by atoms with Gasteiger partial charge in [-0.1, -0.05) is 67.6 Å². The highest BCUT2D eigenvalue weighted by Gasteiger charge is 2.43. The molecule has 2 aromatic carbocycles. The molecule has 0 spiro atoms. The Morgan fingerprint density at radius 2 is 1.45 bits per heavy atom. The molecule has 0 radical (unpaired) electrons. The summed E-state index contributed by atoms with van der Waals surface area (Å²) in [5.41, 5.74) is 14.0. The first-order valence-electron chi connectivity index (χ1n) is 14.1. The van der Waals surface area contributed by atoms with Gasteiger partial charge in [-0.2, -0.15) is 0 Å². The van der Waals surface area contributed by atoms with Gasteiger partial charge in [0.2, 0.25) is 0 Å². The van der Waals surface area contributed by atoms with Crippen molar-refractivity contribution >= 4 is 0 Å². The third-order valence-electron chi connectivity index (χ3n) is 8.57. The first-order chi connectivity index (χ1) is 18.4. The van der Waals surface area contributed by atoms with E-state index in [4.69, 9.17) is 15.2 Å². The lowest BCUT2D eigenvalue weighted by Crippen LogP contribution is -2.50. The van der Waals surface area contributed by atoms with Gasteiger partial charge < -0.3 is 20.1 Å². The number of hydrogen-bond donors (Lipinski definition) is 1. The summed E-state index contributed by atoms with van der Waals surface area (Å²) in [5, 5.41) is 0. The Hall–Kier alpha value is -2.86. The van der Waals surface area contributed by atoms with Crippen LogP contribution in [0.3, 0.4) is 0 Å². The fraction of sp³-hybridized carbons (Fsp3) is 0.455. The van der Waals surface area contributed by atoms with Crippen molar-refractivity contribution < 1.29 is 9.47 Å². The number of nitrogens with zero attached hydrogens (tertiary/aromatic N) is 2. The number of hydrogen-bond acceptors (Lipinski definition) is 5. The van der Waals surface area contributed by atoms with Crippen LogP contribution in [0.5, 0.6) is 0 Å². The van der Waals surface area contributed by atoms with Crippen LogP contribution in [-0.4, -0.2) is 55.7 Å². The fourth-order valence-electron chi connectivity index (χ4n) is 6.25. The average molecular weight is 514 g/mol. The molecule has 2 heterocycles. The van der Waals surface area contributed by atoms with Crippen LogP contribution in [0.25, 0.3) is 0 Å². The zero-order valence-corrected chi connectivity index (χ0v) is 23.5. The van der Waals surface area contributed by atoms with Crippen molar-refractivity contribution in [2.24, 2.45) is 11.1 Å². The Labute approximate surface area is 228 Å². The van der Waals surface area contributed by atoms with Gasteiger partial charge >= 0.3 is 0 Å². The molecule has 202 valence electrons. The van der Waals surface area contributed by atoms with E-state index in [2.05, 4.69) is 91.2 Å². The molecular formula is C33H43N3O2. The number of piperazine rings is 1. The third-order valence-corrected chi connectivity index (χ3v) is 8.57. The van der Waals surface area contributed by atoms with E-state index in [0.717, 1.165) is 75.9 Å². The predicted molar refractivity (Wildman–Crippen MR) is 154 cm³/mol. The number of benzene rings is 2. The van der Waals surface area contributed by atoms with Gasteiger partial charge in [0.25, 0.3) is 0 Å². The van der Waals surface area contributed by atoms with Crippen LogP contribution in [0.4, 0.5) is 0 Å². The van der Waals surface area contributed by atoms with Crippen molar-refractivity contribution in [3.8, 4) is 0 Å². The standard InChI is InChI=1S/C33H43N3O2/c1-24-25(2)38-26(3)29-22-33(4,32(34)30(24)29)23-36-19-17-35(18-20-36)16-11-21-37-31(27-12-7-5-8-13-27)28-14-9-6-10-15-28/h5-10,12-15,31H,11,16-23,34H2,1-4H3. The minimum Gasteiger partial charge on any atom is -0.466 e. The highest BCUT2D eigenvalue weighted by Crippen LogP contribution is 2.50. The van der Waals surface area contributed by atoms with E-state index in [1.54, 1.807) is 0 Å². The van der Waals surface area contributed by atoms with Crippen molar-refractivity contribution in [2.45, 2.75) is 46.6 Å². The molecule has 1 aliphatic carbocycles. The Balaban J connectivity index is 1.11. The maximum absolute atomic E-state index is 6.82. The molecule has 0 amide bonds. The molecule has 2 N–H and O–H groups in total. The van der Waals surface area contributed by atoms with Crippen molar-refractivity contribution in [1.82, 2.24) is 9.80 Å². The molecule has 5 rings (SSSR count). The minimum atomic E-state index is -0.0406. The fourth-order valence-corrected chi connectivity index (χ4v) is 6.25. The summed E-state index contributed by atoms with van der Waals surface area (Å²) in [4.78, 5) is 5.18. The van der Waals surface area contributed by atoms with E-state index < -0.39 is 0 Å². The van der Waals surface area contributed by atoms with Crippen LogP contribution in [0.1, 0.15) is 57.8 Å². The highest BCUT2D eigenvalue weighted by molar-refractivity contribution is 5.58. The second-order valence-electron chi connectivity index (χ2n) is 11.4. The molecule has 0 bridgehead atoms. The normalized spacial score (nSPS) is 22.9. The maximum Gasteiger partial charge on any atom is 0.108 e. The molecule has 38 heavy (non-hydrogen) atoms. The molecule has 3 aliphatic rings. The van der Waals surface area contributed by atoms with E-state index in [-0.39, 0.29) is 11.5 Å². The van der Waals surface area contributed by atoms with E-state index >= 15 is 0 Å². The Kier molecular flexibility index (Phi) is 8.08. The number of nitrogens with two attached hydrogens (primary N) is 1. The monoisotopic (exact) mass is 513 g/mol. The van der Waals surface area contributed by atoms with Gasteiger partial charge in [-0.3, -0.25) is 4.90 Å². The number of fused-ring (bicyclic) bond motifs is 1. The lowest BCUT2D eigenvalue weighted by Gasteiger charge is -2.39. The lowest BCUT2D eigenvalue weighted by molar-refractivity contribution is 0.0608. The number of ether oxygens (including phenoxy) is 2. The van der Waals surface area contributed by atoms with Crippen molar-refractivity contribution in [2.75, 3.05) is 45.9 Å². The van der Waals surface area contributed by atoms with Gasteiger partial charge in [-0.25, -0.2) is 0 Å². The molecule has 1 unspecified atom stereocenters. The smallest absolute Gasteiger partial charge is 0.108 e. The summed E-state index contributed by atoms with van der Waals surface area (Å²) in [6.45, 7) is 15.8. The zero-order chi connectivity index (χ0) is 26.7. The first-order valence-corrected chi connectivity index (χ1v) is 14.1. The van der Waals surface area contributed by atoms with E-state index in [9.17, 15) is 0 Å². The van der Waals surface area contributed by atoms with Crippen LogP contribution in [0.15, 0.2) is 94.6 Å². The van der Waals surface area contributed by atoms with Crippen molar-refractivity contribution in [3.05, 3.63) is 106 Å². The van der Waals surface area contributed by atoms with Crippen LogP contribution >= 0.6 is 0 Å². The first kappa shape index (κ1) is 26.7. The lowest BCUT2D eigenvalue weighted by atomic mass is 9.85. The molecule has 0 aromatic heterocycles. The number of allylic oxidation sites excluding steroid dienone is 5. The molecule has 2 aromatic rings. The summed E-state index contributed by atoms with van der Waals surface area (Å²) in [7, 11) is 0.